The summed E-state index contributed by atoms with van der Waals surface area (Å²) in [6.45, 7) is 10.9. The molecule has 3 aliphatic rings. The Labute approximate surface area is 232 Å². The maximum atomic E-state index is 13.8. The van der Waals surface area contributed by atoms with Crippen LogP contribution in [0, 0.1) is 14.4 Å². The van der Waals surface area contributed by atoms with Crippen LogP contribution in [-0.4, -0.2) is 47.8 Å². The number of methoxy groups -OCH3 is 1. The van der Waals surface area contributed by atoms with Crippen LogP contribution in [0.15, 0.2) is 34.7 Å². The van der Waals surface area contributed by atoms with E-state index in [1.807, 2.05) is 24.0 Å². The molecule has 0 fully saturated rings. The van der Waals surface area contributed by atoms with Crippen LogP contribution in [0.3, 0.4) is 0 Å². The van der Waals surface area contributed by atoms with E-state index in [4.69, 9.17) is 9.47 Å². The number of ether oxygens (including phenoxy) is 2. The Kier molecular flexibility index (Phi) is 7.53. The molecule has 200 valence electrons. The van der Waals surface area contributed by atoms with E-state index >= 15 is 0 Å². The Balaban J connectivity index is 2.01. The standard InChI is InChI=1S/C29H36INO6/c1-7-37-22-11-16(10-17(30)27(22)36-6)24-25-18(12-28(2,3)14-20(25)32)31(9-8-23(34)35)19-13-29(4,5)15-21(33)26(19)24/h10-11,24H,7-9,12-15H2,1-6H3,(H,34,35). The van der Waals surface area contributed by atoms with E-state index in [0.29, 0.717) is 54.9 Å². The van der Waals surface area contributed by atoms with Gasteiger partial charge in [0, 0.05) is 47.8 Å². The van der Waals surface area contributed by atoms with Crippen LogP contribution in [0.5, 0.6) is 11.5 Å². The molecule has 0 unspecified atom stereocenters. The van der Waals surface area contributed by atoms with Gasteiger partial charge in [0.15, 0.2) is 23.1 Å². The molecule has 4 rings (SSSR count). The van der Waals surface area contributed by atoms with Gasteiger partial charge in [-0.2, -0.15) is 0 Å². The van der Waals surface area contributed by atoms with Crippen molar-refractivity contribution >= 4 is 40.1 Å². The van der Waals surface area contributed by atoms with Gasteiger partial charge in [0.05, 0.1) is 23.7 Å². The number of carbonyl (C=O) groups excluding carboxylic acids is 2. The van der Waals surface area contributed by atoms with Crippen molar-refractivity contribution in [3.63, 3.8) is 0 Å². The van der Waals surface area contributed by atoms with E-state index in [-0.39, 0.29) is 35.4 Å². The van der Waals surface area contributed by atoms with Gasteiger partial charge in [-0.3, -0.25) is 14.4 Å². The topological polar surface area (TPSA) is 93.1 Å². The summed E-state index contributed by atoms with van der Waals surface area (Å²) in [6, 6.07) is 3.88. The van der Waals surface area contributed by atoms with Crippen molar-refractivity contribution in [1.82, 2.24) is 4.90 Å². The number of ketones is 2. The molecule has 1 aromatic carbocycles. The number of nitrogens with zero attached hydrogens (tertiary/aromatic N) is 1. The van der Waals surface area contributed by atoms with E-state index in [9.17, 15) is 19.5 Å². The fourth-order valence-electron chi connectivity index (χ4n) is 6.07. The van der Waals surface area contributed by atoms with Crippen molar-refractivity contribution in [2.24, 2.45) is 10.8 Å². The summed E-state index contributed by atoms with van der Waals surface area (Å²) in [5, 5.41) is 9.52. The van der Waals surface area contributed by atoms with Gasteiger partial charge in [-0.15, -0.1) is 0 Å². The molecule has 0 saturated carbocycles. The van der Waals surface area contributed by atoms with Gasteiger partial charge in [0.2, 0.25) is 0 Å². The second-order valence-corrected chi connectivity index (χ2v) is 13.0. The van der Waals surface area contributed by atoms with Gasteiger partial charge < -0.3 is 19.5 Å². The number of carboxylic acid groups (broad SMARTS) is 1. The minimum absolute atomic E-state index is 0.0181. The number of benzene rings is 1. The van der Waals surface area contributed by atoms with Crippen LogP contribution in [0.2, 0.25) is 0 Å². The number of aliphatic carboxylic acids is 1. The zero-order chi connectivity index (χ0) is 27.3. The molecule has 0 radical (unpaired) electrons. The van der Waals surface area contributed by atoms with Crippen molar-refractivity contribution in [3.8, 4) is 11.5 Å². The van der Waals surface area contributed by atoms with E-state index in [2.05, 4.69) is 50.3 Å². The summed E-state index contributed by atoms with van der Waals surface area (Å²) in [4.78, 5) is 41.3. The Hall–Kier alpha value is -2.36. The molecule has 37 heavy (non-hydrogen) atoms. The molecule has 0 spiro atoms. The van der Waals surface area contributed by atoms with E-state index in [1.165, 1.54) is 0 Å². The second-order valence-electron chi connectivity index (χ2n) is 11.8. The molecule has 7 nitrogen and oxygen atoms in total. The first-order valence-corrected chi connectivity index (χ1v) is 13.9. The molecule has 0 atom stereocenters. The molecule has 0 amide bonds. The highest BCUT2D eigenvalue weighted by atomic mass is 127. The van der Waals surface area contributed by atoms with Gasteiger partial charge in [0.1, 0.15) is 0 Å². The number of hydrogen-bond acceptors (Lipinski definition) is 6. The Bertz CT molecular complexity index is 1170. The van der Waals surface area contributed by atoms with Crippen LogP contribution in [0.25, 0.3) is 0 Å². The number of hydrogen-bond donors (Lipinski definition) is 1. The average Bonchev–Trinajstić information content (AvgIpc) is 2.75. The second kappa shape index (κ2) is 10.1. The number of allylic oxidation sites excluding steroid dienone is 4. The Morgan fingerprint density at radius 3 is 2.03 bits per heavy atom. The largest absolute Gasteiger partial charge is 0.492 e. The zero-order valence-corrected chi connectivity index (χ0v) is 24.7. The van der Waals surface area contributed by atoms with Crippen molar-refractivity contribution in [3.05, 3.63) is 43.8 Å². The third-order valence-corrected chi connectivity index (χ3v) is 8.24. The summed E-state index contributed by atoms with van der Waals surface area (Å²) in [5.74, 6) is -0.177. The van der Waals surface area contributed by atoms with Crippen LogP contribution in [0.4, 0.5) is 0 Å². The predicted octanol–water partition coefficient (Wildman–Crippen LogP) is 5.86. The van der Waals surface area contributed by atoms with Gasteiger partial charge in [-0.1, -0.05) is 27.7 Å². The van der Waals surface area contributed by atoms with E-state index in [0.717, 1.165) is 20.5 Å². The number of carbonyl (C=O) groups is 3. The molecule has 1 aliphatic heterocycles. The lowest BCUT2D eigenvalue weighted by Gasteiger charge is -2.49. The fourth-order valence-corrected chi connectivity index (χ4v) is 6.92. The van der Waals surface area contributed by atoms with Crippen LogP contribution in [-0.2, 0) is 14.4 Å². The molecule has 2 aliphatic carbocycles. The number of rotatable bonds is 7. The Morgan fingerprint density at radius 1 is 1.03 bits per heavy atom. The lowest BCUT2D eigenvalue weighted by Crippen LogP contribution is -2.45. The van der Waals surface area contributed by atoms with Crippen LogP contribution in [0.1, 0.15) is 78.2 Å². The van der Waals surface area contributed by atoms with Crippen molar-refractivity contribution < 1.29 is 29.0 Å². The monoisotopic (exact) mass is 621 g/mol. The lowest BCUT2D eigenvalue weighted by atomic mass is 9.63. The molecule has 1 aromatic rings. The first-order chi connectivity index (χ1) is 17.3. The molecule has 0 bridgehead atoms. The minimum atomic E-state index is -0.903. The highest BCUT2D eigenvalue weighted by molar-refractivity contribution is 14.1. The van der Waals surface area contributed by atoms with Gasteiger partial charge in [0.25, 0.3) is 0 Å². The normalized spacial score (nSPS) is 21.1. The summed E-state index contributed by atoms with van der Waals surface area (Å²) >= 11 is 2.21. The van der Waals surface area contributed by atoms with Crippen LogP contribution >= 0.6 is 22.6 Å². The summed E-state index contributed by atoms with van der Waals surface area (Å²) < 4.78 is 12.3. The molecule has 1 N–H and O–H groups in total. The fraction of sp³-hybridized carbons (Fsp3) is 0.552. The first-order valence-electron chi connectivity index (χ1n) is 12.8. The van der Waals surface area contributed by atoms with Crippen molar-refractivity contribution in [2.45, 2.75) is 72.6 Å². The zero-order valence-electron chi connectivity index (χ0n) is 22.5. The van der Waals surface area contributed by atoms with Crippen molar-refractivity contribution in [1.29, 1.82) is 0 Å². The smallest absolute Gasteiger partial charge is 0.305 e. The highest BCUT2D eigenvalue weighted by Crippen LogP contribution is 2.55. The van der Waals surface area contributed by atoms with E-state index in [1.54, 1.807) is 7.11 Å². The van der Waals surface area contributed by atoms with Gasteiger partial charge in [-0.25, -0.2) is 0 Å². The van der Waals surface area contributed by atoms with Gasteiger partial charge in [-0.05, 0) is 70.9 Å². The molecular formula is C29H36INO6. The molecule has 0 saturated heterocycles. The maximum Gasteiger partial charge on any atom is 0.305 e. The minimum Gasteiger partial charge on any atom is -0.492 e. The molecule has 8 heteroatoms. The average molecular weight is 622 g/mol. The number of Topliss-reactive ketones (excluding diaryl/α,β-unsaturated/α-hetero) is 2. The quantitative estimate of drug-likeness (QED) is 0.382. The van der Waals surface area contributed by atoms with Gasteiger partial charge >= 0.3 is 5.97 Å². The third-order valence-electron chi connectivity index (χ3n) is 7.44. The first kappa shape index (κ1) is 27.7. The van der Waals surface area contributed by atoms with E-state index < -0.39 is 11.9 Å². The molecule has 0 aromatic heterocycles. The summed E-state index contributed by atoms with van der Waals surface area (Å²) in [7, 11) is 1.60. The van der Waals surface area contributed by atoms with Crippen molar-refractivity contribution in [2.75, 3.05) is 20.3 Å². The predicted molar refractivity (Wildman–Crippen MR) is 149 cm³/mol. The molecular weight excluding hydrogens is 585 g/mol. The number of halogens is 1. The maximum absolute atomic E-state index is 13.8. The highest BCUT2D eigenvalue weighted by Gasteiger charge is 2.49. The van der Waals surface area contributed by atoms with Crippen LogP contribution < -0.4 is 9.47 Å². The SMILES string of the molecule is CCOc1cc(C2C3=C(CC(C)(C)CC3=O)N(CCC(=O)O)C3=C2C(=O)CC(C)(C)C3)cc(I)c1OC. The number of carboxylic acids is 1. The lowest BCUT2D eigenvalue weighted by molar-refractivity contribution is -0.137. The Morgan fingerprint density at radius 2 is 1.57 bits per heavy atom. The summed E-state index contributed by atoms with van der Waals surface area (Å²) in [5.41, 5.74) is 3.27. The summed E-state index contributed by atoms with van der Waals surface area (Å²) in [6.07, 6.45) is 1.96. The molecule has 1 heterocycles. The third kappa shape index (κ3) is 5.31.